The molecule has 1 aromatic heterocycles. The van der Waals surface area contributed by atoms with Gasteiger partial charge in [-0.1, -0.05) is 18.6 Å². The van der Waals surface area contributed by atoms with Gasteiger partial charge in [0.1, 0.15) is 11.1 Å². The van der Waals surface area contributed by atoms with Gasteiger partial charge in [0, 0.05) is 10.6 Å². The summed E-state index contributed by atoms with van der Waals surface area (Å²) < 4.78 is 0. The van der Waals surface area contributed by atoms with Gasteiger partial charge in [0.25, 0.3) is 0 Å². The summed E-state index contributed by atoms with van der Waals surface area (Å²) in [6, 6.07) is 8.18. The number of carbonyl (C=O) groups is 2. The molecule has 2 amide bonds. The zero-order valence-electron chi connectivity index (χ0n) is 17.8. The summed E-state index contributed by atoms with van der Waals surface area (Å²) in [5.41, 5.74) is 4.58. The van der Waals surface area contributed by atoms with Crippen molar-refractivity contribution in [2.75, 3.05) is 30.8 Å². The van der Waals surface area contributed by atoms with Crippen LogP contribution in [0, 0.1) is 25.2 Å². The molecule has 2 aromatic rings. The number of aryl methyl sites for hydroxylation is 3. The molecular weight excluding hydrogens is 396 g/mol. The predicted molar refractivity (Wildman–Crippen MR) is 121 cm³/mol. The van der Waals surface area contributed by atoms with Gasteiger partial charge >= 0.3 is 0 Å². The van der Waals surface area contributed by atoms with Crippen LogP contribution in [-0.4, -0.2) is 36.9 Å². The fraction of sp³-hybridized carbons (Fsp3) is 0.435. The standard InChI is InChI=1S/C23H28N4O2S/c1-15-9-10-16(2)19(11-15)25-21(28)13-27(3)14-22(29)26-23-18(12-24)17-7-5-4-6-8-20(17)30-23/h9-11H,4-8,13-14H2,1-3H3,(H,25,28)(H,26,29). The predicted octanol–water partition coefficient (Wildman–Crippen LogP) is 4.01. The first-order chi connectivity index (χ1) is 14.4. The van der Waals surface area contributed by atoms with Crippen molar-refractivity contribution in [3.63, 3.8) is 0 Å². The third-order valence-electron chi connectivity index (χ3n) is 5.28. The van der Waals surface area contributed by atoms with Crippen LogP contribution < -0.4 is 10.6 Å². The molecule has 1 heterocycles. The van der Waals surface area contributed by atoms with Crippen molar-refractivity contribution in [1.82, 2.24) is 4.90 Å². The number of hydrogen-bond acceptors (Lipinski definition) is 5. The summed E-state index contributed by atoms with van der Waals surface area (Å²) in [7, 11) is 1.73. The highest BCUT2D eigenvalue weighted by Gasteiger charge is 2.21. The number of hydrogen-bond donors (Lipinski definition) is 2. The highest BCUT2D eigenvalue weighted by atomic mass is 32.1. The van der Waals surface area contributed by atoms with Gasteiger partial charge in [-0.15, -0.1) is 11.3 Å². The lowest BCUT2D eigenvalue weighted by Crippen LogP contribution is -2.36. The molecule has 7 heteroatoms. The Balaban J connectivity index is 1.57. The van der Waals surface area contributed by atoms with Crippen LogP contribution in [-0.2, 0) is 22.4 Å². The number of nitrogens with one attached hydrogen (secondary N) is 2. The van der Waals surface area contributed by atoms with Gasteiger partial charge in [0.05, 0.1) is 18.7 Å². The number of anilines is 2. The van der Waals surface area contributed by atoms with Crippen LogP contribution in [0.25, 0.3) is 0 Å². The summed E-state index contributed by atoms with van der Waals surface area (Å²) in [6.45, 7) is 4.10. The first-order valence-electron chi connectivity index (χ1n) is 10.3. The van der Waals surface area contributed by atoms with Crippen LogP contribution in [0.4, 0.5) is 10.7 Å². The number of thiophene rings is 1. The summed E-state index contributed by atoms with van der Waals surface area (Å²) in [4.78, 5) is 27.8. The molecule has 0 bridgehead atoms. The molecule has 6 nitrogen and oxygen atoms in total. The molecule has 0 unspecified atom stereocenters. The van der Waals surface area contributed by atoms with E-state index in [0.29, 0.717) is 10.6 Å². The minimum Gasteiger partial charge on any atom is -0.325 e. The van der Waals surface area contributed by atoms with E-state index in [4.69, 9.17) is 0 Å². The van der Waals surface area contributed by atoms with E-state index in [0.717, 1.165) is 48.1 Å². The number of amides is 2. The molecule has 1 aliphatic rings. The molecule has 30 heavy (non-hydrogen) atoms. The van der Waals surface area contributed by atoms with E-state index in [1.807, 2.05) is 32.0 Å². The lowest BCUT2D eigenvalue weighted by molar-refractivity contribution is -0.119. The monoisotopic (exact) mass is 424 g/mol. The summed E-state index contributed by atoms with van der Waals surface area (Å²) in [5, 5.41) is 16.0. The lowest BCUT2D eigenvalue weighted by atomic mass is 10.1. The minimum atomic E-state index is -0.218. The Bertz CT molecular complexity index is 990. The Kier molecular flexibility index (Phi) is 7.24. The summed E-state index contributed by atoms with van der Waals surface area (Å²) in [5.74, 6) is -0.385. The molecule has 1 aromatic carbocycles. The zero-order valence-corrected chi connectivity index (χ0v) is 18.6. The average Bonchev–Trinajstić information content (AvgIpc) is 2.83. The van der Waals surface area contributed by atoms with Gasteiger partial charge < -0.3 is 10.6 Å². The molecule has 0 saturated carbocycles. The van der Waals surface area contributed by atoms with Crippen molar-refractivity contribution in [2.24, 2.45) is 0 Å². The number of nitrogens with zero attached hydrogens (tertiary/aromatic N) is 2. The lowest BCUT2D eigenvalue weighted by Gasteiger charge is -2.16. The molecule has 0 saturated heterocycles. The second kappa shape index (κ2) is 9.88. The molecule has 158 valence electrons. The number of carbonyl (C=O) groups excluding carboxylic acids is 2. The second-order valence-electron chi connectivity index (χ2n) is 7.97. The molecule has 0 atom stereocenters. The fourth-order valence-electron chi connectivity index (χ4n) is 3.72. The van der Waals surface area contributed by atoms with Crippen LogP contribution in [0.5, 0.6) is 0 Å². The zero-order chi connectivity index (χ0) is 21.7. The number of rotatable bonds is 6. The van der Waals surface area contributed by atoms with Crippen LogP contribution in [0.3, 0.4) is 0 Å². The van der Waals surface area contributed by atoms with Crippen molar-refractivity contribution in [2.45, 2.75) is 46.0 Å². The molecule has 3 rings (SSSR count). The first kappa shape index (κ1) is 22.0. The Morgan fingerprint density at radius 1 is 1.10 bits per heavy atom. The number of nitriles is 1. The van der Waals surface area contributed by atoms with Gasteiger partial charge in [0.15, 0.2) is 0 Å². The van der Waals surface area contributed by atoms with Crippen LogP contribution in [0.15, 0.2) is 18.2 Å². The SMILES string of the molecule is Cc1ccc(C)c(NC(=O)CN(C)CC(=O)Nc2sc3c(c2C#N)CCCCC3)c1. The maximum absolute atomic E-state index is 12.5. The van der Waals surface area contributed by atoms with E-state index in [1.165, 1.54) is 22.6 Å². The van der Waals surface area contributed by atoms with Gasteiger partial charge in [-0.25, -0.2) is 0 Å². The Hall–Kier alpha value is -2.69. The maximum Gasteiger partial charge on any atom is 0.239 e. The quantitative estimate of drug-likeness (QED) is 0.686. The smallest absolute Gasteiger partial charge is 0.239 e. The van der Waals surface area contributed by atoms with E-state index in [-0.39, 0.29) is 24.9 Å². The van der Waals surface area contributed by atoms with Crippen molar-refractivity contribution < 1.29 is 9.59 Å². The maximum atomic E-state index is 12.5. The van der Waals surface area contributed by atoms with E-state index < -0.39 is 0 Å². The average molecular weight is 425 g/mol. The summed E-state index contributed by atoms with van der Waals surface area (Å²) in [6.07, 6.45) is 5.28. The third kappa shape index (κ3) is 5.47. The van der Waals surface area contributed by atoms with Crippen molar-refractivity contribution in [3.8, 4) is 6.07 Å². The van der Waals surface area contributed by atoms with Crippen molar-refractivity contribution in [3.05, 3.63) is 45.3 Å². The number of likely N-dealkylation sites (N-methyl/N-ethyl adjacent to an activating group) is 1. The largest absolute Gasteiger partial charge is 0.325 e. The molecule has 0 fully saturated rings. The van der Waals surface area contributed by atoms with E-state index >= 15 is 0 Å². The van der Waals surface area contributed by atoms with Gasteiger partial charge in [-0.05, 0) is 69.3 Å². The molecule has 0 aliphatic heterocycles. The Morgan fingerprint density at radius 2 is 1.80 bits per heavy atom. The molecule has 2 N–H and O–H groups in total. The highest BCUT2D eigenvalue weighted by Crippen LogP contribution is 2.36. The number of benzene rings is 1. The van der Waals surface area contributed by atoms with Crippen LogP contribution >= 0.6 is 11.3 Å². The van der Waals surface area contributed by atoms with Crippen molar-refractivity contribution in [1.29, 1.82) is 5.26 Å². The van der Waals surface area contributed by atoms with Gasteiger partial charge in [-0.2, -0.15) is 5.26 Å². The fourth-order valence-corrected chi connectivity index (χ4v) is 4.98. The highest BCUT2D eigenvalue weighted by molar-refractivity contribution is 7.16. The van der Waals surface area contributed by atoms with Gasteiger partial charge in [-0.3, -0.25) is 14.5 Å². The van der Waals surface area contributed by atoms with E-state index in [9.17, 15) is 14.9 Å². The van der Waals surface area contributed by atoms with Gasteiger partial charge in [0.2, 0.25) is 11.8 Å². The van der Waals surface area contributed by atoms with E-state index in [2.05, 4.69) is 16.7 Å². The van der Waals surface area contributed by atoms with Crippen LogP contribution in [0.1, 0.15) is 46.4 Å². The molecule has 1 aliphatic carbocycles. The Morgan fingerprint density at radius 3 is 2.53 bits per heavy atom. The molecule has 0 radical (unpaired) electrons. The topological polar surface area (TPSA) is 85.2 Å². The number of fused-ring (bicyclic) bond motifs is 1. The first-order valence-corrected chi connectivity index (χ1v) is 11.1. The molecule has 0 spiro atoms. The van der Waals surface area contributed by atoms with E-state index in [1.54, 1.807) is 11.9 Å². The molecular formula is C23H28N4O2S. The Labute approximate surface area is 181 Å². The third-order valence-corrected chi connectivity index (χ3v) is 6.49. The minimum absolute atomic E-state index is 0.0770. The van der Waals surface area contributed by atoms with Crippen molar-refractivity contribution >= 4 is 33.8 Å². The van der Waals surface area contributed by atoms with Crippen LogP contribution in [0.2, 0.25) is 0 Å². The second-order valence-corrected chi connectivity index (χ2v) is 9.07. The normalized spacial score (nSPS) is 13.3. The summed E-state index contributed by atoms with van der Waals surface area (Å²) >= 11 is 1.52.